The molecule has 0 aromatic rings. The molecule has 0 unspecified atom stereocenters. The number of rotatable bonds is 15. The third-order valence-corrected chi connectivity index (χ3v) is 2.83. The number of carboxylic acids is 1. The zero-order valence-corrected chi connectivity index (χ0v) is 12.6. The van der Waals surface area contributed by atoms with E-state index in [4.69, 9.17) is 19.3 Å². The molecule has 0 aromatic carbocycles. The second kappa shape index (κ2) is 12.3. The maximum Gasteiger partial charge on any atom is 0.304 e. The minimum atomic E-state index is -0.886. The fourth-order valence-electron chi connectivity index (χ4n) is 1.87. The van der Waals surface area contributed by atoms with E-state index in [1.165, 1.54) is 0 Å². The van der Waals surface area contributed by atoms with Gasteiger partial charge in [0.25, 0.3) is 0 Å². The number of aliphatic carboxylic acids is 1. The molecular weight excluding hydrogens is 272 g/mol. The molecule has 0 radical (unpaired) electrons. The first-order valence-corrected chi connectivity index (χ1v) is 6.88. The van der Waals surface area contributed by atoms with Gasteiger partial charge >= 0.3 is 5.97 Å². The van der Waals surface area contributed by atoms with Crippen molar-refractivity contribution < 1.29 is 24.1 Å². The highest BCUT2D eigenvalue weighted by atomic mass is 16.5. The highest BCUT2D eigenvalue weighted by molar-refractivity contribution is 5.67. The molecule has 0 bridgehead atoms. The van der Waals surface area contributed by atoms with E-state index >= 15 is 0 Å². The van der Waals surface area contributed by atoms with E-state index in [0.29, 0.717) is 32.8 Å². The minimum absolute atomic E-state index is 0.0429. The molecule has 5 heteroatoms. The van der Waals surface area contributed by atoms with Crippen molar-refractivity contribution in [3.63, 3.8) is 0 Å². The Hall–Kier alpha value is -1.43. The summed E-state index contributed by atoms with van der Waals surface area (Å²) >= 11 is 0. The summed E-state index contributed by atoms with van der Waals surface area (Å²) in [6, 6.07) is 0. The van der Waals surface area contributed by atoms with Crippen molar-refractivity contribution in [1.82, 2.24) is 0 Å². The van der Waals surface area contributed by atoms with Crippen LogP contribution < -0.4 is 0 Å². The van der Waals surface area contributed by atoms with Gasteiger partial charge in [0, 0.05) is 12.0 Å². The van der Waals surface area contributed by atoms with E-state index in [-0.39, 0.29) is 19.6 Å². The van der Waals surface area contributed by atoms with Crippen molar-refractivity contribution in [3.8, 4) is 0 Å². The molecule has 0 fully saturated rings. The fourth-order valence-corrected chi connectivity index (χ4v) is 1.87. The molecule has 120 valence electrons. The molecule has 21 heavy (non-hydrogen) atoms. The second-order valence-corrected chi connectivity index (χ2v) is 4.79. The van der Waals surface area contributed by atoms with Gasteiger partial charge in [-0.05, 0) is 6.42 Å². The summed E-state index contributed by atoms with van der Waals surface area (Å²) in [6.45, 7) is 12.9. The summed E-state index contributed by atoms with van der Waals surface area (Å²) in [5.41, 5.74) is -0.626. The van der Waals surface area contributed by atoms with Crippen molar-refractivity contribution in [1.29, 1.82) is 0 Å². The Morgan fingerprint density at radius 2 is 1.43 bits per heavy atom. The Balaban J connectivity index is 4.70. The lowest BCUT2D eigenvalue weighted by atomic mass is 9.83. The van der Waals surface area contributed by atoms with E-state index in [9.17, 15) is 4.79 Å². The summed E-state index contributed by atoms with van der Waals surface area (Å²) in [5, 5.41) is 9.16. The molecule has 0 amide bonds. The lowest BCUT2D eigenvalue weighted by Gasteiger charge is -2.31. The third-order valence-electron chi connectivity index (χ3n) is 2.83. The zero-order valence-electron chi connectivity index (χ0n) is 12.6. The molecule has 0 rings (SSSR count). The van der Waals surface area contributed by atoms with E-state index < -0.39 is 11.4 Å². The van der Waals surface area contributed by atoms with Crippen LogP contribution in [-0.4, -0.2) is 50.7 Å². The maximum atomic E-state index is 11.2. The Morgan fingerprint density at radius 1 is 0.952 bits per heavy atom. The van der Waals surface area contributed by atoms with Crippen molar-refractivity contribution >= 4 is 5.97 Å². The van der Waals surface area contributed by atoms with Crippen molar-refractivity contribution in [2.45, 2.75) is 12.8 Å². The smallest absolute Gasteiger partial charge is 0.304 e. The van der Waals surface area contributed by atoms with E-state index in [1.54, 1.807) is 18.2 Å². The number of ether oxygens (including phenoxy) is 3. The van der Waals surface area contributed by atoms with Crippen molar-refractivity contribution in [2.75, 3.05) is 39.6 Å². The largest absolute Gasteiger partial charge is 0.481 e. The molecular formula is C16H26O5. The van der Waals surface area contributed by atoms with Crippen LogP contribution >= 0.6 is 0 Å². The summed E-state index contributed by atoms with van der Waals surface area (Å²) in [5.74, 6) is -0.886. The molecule has 0 atom stereocenters. The average Bonchev–Trinajstić information content (AvgIpc) is 2.43. The van der Waals surface area contributed by atoms with Crippen LogP contribution in [0, 0.1) is 5.41 Å². The van der Waals surface area contributed by atoms with Gasteiger partial charge in [0.15, 0.2) is 0 Å². The lowest BCUT2D eigenvalue weighted by Crippen LogP contribution is -2.36. The fraction of sp³-hybridized carbons (Fsp3) is 0.562. The molecule has 0 heterocycles. The average molecular weight is 298 g/mol. The monoisotopic (exact) mass is 298 g/mol. The highest BCUT2D eigenvalue weighted by Crippen LogP contribution is 2.28. The van der Waals surface area contributed by atoms with E-state index in [2.05, 4.69) is 19.7 Å². The minimum Gasteiger partial charge on any atom is -0.481 e. The van der Waals surface area contributed by atoms with Crippen LogP contribution in [0.15, 0.2) is 38.0 Å². The number of carboxylic acid groups (broad SMARTS) is 1. The van der Waals surface area contributed by atoms with E-state index in [0.717, 1.165) is 0 Å². The number of hydrogen-bond donors (Lipinski definition) is 1. The van der Waals surface area contributed by atoms with Crippen LogP contribution in [0.2, 0.25) is 0 Å². The Bertz CT molecular complexity index is 311. The summed E-state index contributed by atoms with van der Waals surface area (Å²) in [6.07, 6.45) is 5.40. The highest BCUT2D eigenvalue weighted by Gasteiger charge is 2.33. The first-order chi connectivity index (χ1) is 10.1. The quantitative estimate of drug-likeness (QED) is 0.371. The maximum absolute atomic E-state index is 11.2. The van der Waals surface area contributed by atoms with E-state index in [1.807, 2.05) is 0 Å². The molecule has 0 aliphatic rings. The van der Waals surface area contributed by atoms with Crippen LogP contribution in [0.3, 0.4) is 0 Å². The van der Waals surface area contributed by atoms with Crippen molar-refractivity contribution in [3.05, 3.63) is 38.0 Å². The standard InChI is InChI=1S/C16H26O5/c1-4-8-19-11-7-16(12-15(17)18,13-20-9-5-2)14-21-10-6-3/h4-6H,1-3,7-14H2,(H,17,18). The molecule has 0 spiro atoms. The SMILES string of the molecule is C=CCOCCC(COCC=C)(COCC=C)CC(=O)O. The molecule has 5 nitrogen and oxygen atoms in total. The molecule has 0 aliphatic carbocycles. The zero-order chi connectivity index (χ0) is 16.0. The first kappa shape index (κ1) is 19.6. The van der Waals surface area contributed by atoms with Crippen molar-refractivity contribution in [2.24, 2.45) is 5.41 Å². The summed E-state index contributed by atoms with van der Waals surface area (Å²) in [4.78, 5) is 11.2. The van der Waals surface area contributed by atoms with Gasteiger partial charge in [0.1, 0.15) is 0 Å². The Morgan fingerprint density at radius 3 is 1.86 bits per heavy atom. The van der Waals surface area contributed by atoms with Gasteiger partial charge in [-0.1, -0.05) is 18.2 Å². The van der Waals surface area contributed by atoms with Crippen LogP contribution in [0.4, 0.5) is 0 Å². The second-order valence-electron chi connectivity index (χ2n) is 4.79. The van der Waals surface area contributed by atoms with Gasteiger partial charge in [-0.3, -0.25) is 4.79 Å². The third kappa shape index (κ3) is 10.0. The van der Waals surface area contributed by atoms with Crippen LogP contribution in [-0.2, 0) is 19.0 Å². The first-order valence-electron chi connectivity index (χ1n) is 6.88. The molecule has 0 aromatic heterocycles. The Kier molecular flexibility index (Phi) is 11.5. The van der Waals surface area contributed by atoms with Gasteiger partial charge < -0.3 is 19.3 Å². The van der Waals surface area contributed by atoms with Gasteiger partial charge in [-0.25, -0.2) is 0 Å². The number of hydrogen-bond acceptors (Lipinski definition) is 4. The topological polar surface area (TPSA) is 65.0 Å². The number of carbonyl (C=O) groups is 1. The van der Waals surface area contributed by atoms with Gasteiger partial charge in [0.05, 0.1) is 39.5 Å². The normalized spacial score (nSPS) is 11.0. The molecule has 0 saturated carbocycles. The molecule has 0 saturated heterocycles. The van der Waals surface area contributed by atoms with Gasteiger partial charge in [0.2, 0.25) is 0 Å². The van der Waals surface area contributed by atoms with Crippen LogP contribution in [0.5, 0.6) is 0 Å². The predicted octanol–water partition coefficient (Wildman–Crippen LogP) is 2.45. The van der Waals surface area contributed by atoms with Gasteiger partial charge in [-0.2, -0.15) is 0 Å². The lowest BCUT2D eigenvalue weighted by molar-refractivity contribution is -0.143. The summed E-state index contributed by atoms with van der Waals surface area (Å²) in [7, 11) is 0. The van der Waals surface area contributed by atoms with Gasteiger partial charge in [-0.15, -0.1) is 19.7 Å². The molecule has 0 aliphatic heterocycles. The summed E-state index contributed by atoms with van der Waals surface area (Å²) < 4.78 is 16.3. The molecule has 1 N–H and O–H groups in total. The van der Waals surface area contributed by atoms with Crippen LogP contribution in [0.25, 0.3) is 0 Å². The predicted molar refractivity (Wildman–Crippen MR) is 82.4 cm³/mol. The Labute approximate surface area is 126 Å². The van der Waals surface area contributed by atoms with Crippen LogP contribution in [0.1, 0.15) is 12.8 Å².